The molecule has 4 rings (SSSR count). The number of oxazole rings is 1. The van der Waals surface area contributed by atoms with Crippen LogP contribution in [-0.4, -0.2) is 32.4 Å². The van der Waals surface area contributed by atoms with Crippen molar-refractivity contribution in [1.29, 1.82) is 0 Å². The molecule has 1 atom stereocenters. The predicted octanol–water partition coefficient (Wildman–Crippen LogP) is 1.85. The van der Waals surface area contributed by atoms with Gasteiger partial charge in [0.25, 0.3) is 0 Å². The smallest absolute Gasteiger partial charge is 0.350 e. The first-order valence-electron chi connectivity index (χ1n) is 8.59. The highest BCUT2D eigenvalue weighted by molar-refractivity contribution is 5.33. The van der Waals surface area contributed by atoms with Gasteiger partial charge in [0, 0.05) is 19.4 Å². The van der Waals surface area contributed by atoms with Crippen molar-refractivity contribution in [3.8, 4) is 5.69 Å². The molecule has 1 aliphatic rings. The summed E-state index contributed by atoms with van der Waals surface area (Å²) in [5.41, 5.74) is 1.40. The standard InChI is InChI=1S/C18H21N5O2/c1-13-20-15(12-25-13)11-22-18(24)23(16-7-3-2-4-8-16)17(21-22)14-6-5-9-19-10-14/h2-4,7-8,12,14,19H,5-6,9-11H2,1H3/t14-/m0/s1. The Morgan fingerprint density at radius 2 is 2.16 bits per heavy atom. The molecule has 25 heavy (non-hydrogen) atoms. The van der Waals surface area contributed by atoms with Crippen LogP contribution in [0.15, 0.2) is 45.8 Å². The fourth-order valence-corrected chi connectivity index (χ4v) is 3.32. The zero-order valence-electron chi connectivity index (χ0n) is 14.2. The van der Waals surface area contributed by atoms with Crippen LogP contribution < -0.4 is 11.0 Å². The lowest BCUT2D eigenvalue weighted by Gasteiger charge is -2.22. The third-order valence-corrected chi connectivity index (χ3v) is 4.52. The normalized spacial score (nSPS) is 17.7. The minimum atomic E-state index is -0.146. The lowest BCUT2D eigenvalue weighted by atomic mass is 9.99. The minimum absolute atomic E-state index is 0.146. The van der Waals surface area contributed by atoms with Gasteiger partial charge in [0.15, 0.2) is 5.89 Å². The Labute approximate surface area is 145 Å². The van der Waals surface area contributed by atoms with E-state index >= 15 is 0 Å². The molecule has 0 saturated carbocycles. The van der Waals surface area contributed by atoms with E-state index in [1.165, 1.54) is 4.68 Å². The van der Waals surface area contributed by atoms with Gasteiger partial charge in [-0.1, -0.05) is 18.2 Å². The van der Waals surface area contributed by atoms with Crippen molar-refractivity contribution in [2.24, 2.45) is 0 Å². The summed E-state index contributed by atoms with van der Waals surface area (Å²) < 4.78 is 8.45. The Morgan fingerprint density at radius 1 is 1.32 bits per heavy atom. The molecule has 0 aliphatic carbocycles. The molecule has 7 heteroatoms. The van der Waals surface area contributed by atoms with Crippen LogP contribution in [0.1, 0.15) is 36.2 Å². The molecule has 0 bridgehead atoms. The Balaban J connectivity index is 1.78. The van der Waals surface area contributed by atoms with Gasteiger partial charge in [0.1, 0.15) is 17.8 Å². The van der Waals surface area contributed by atoms with Crippen LogP contribution in [-0.2, 0) is 6.54 Å². The van der Waals surface area contributed by atoms with E-state index in [2.05, 4.69) is 15.4 Å². The van der Waals surface area contributed by atoms with Gasteiger partial charge in [-0.15, -0.1) is 0 Å². The summed E-state index contributed by atoms with van der Waals surface area (Å²) in [4.78, 5) is 17.3. The summed E-state index contributed by atoms with van der Waals surface area (Å²) >= 11 is 0. The van der Waals surface area contributed by atoms with Gasteiger partial charge in [0.05, 0.1) is 12.2 Å². The first kappa shape index (κ1) is 15.8. The lowest BCUT2D eigenvalue weighted by molar-refractivity contribution is 0.439. The Bertz CT molecular complexity index is 903. The molecule has 1 N–H and O–H groups in total. The molecule has 0 unspecified atom stereocenters. The van der Waals surface area contributed by atoms with Crippen LogP contribution >= 0.6 is 0 Å². The van der Waals surface area contributed by atoms with Crippen molar-refractivity contribution in [3.63, 3.8) is 0 Å². The zero-order chi connectivity index (χ0) is 17.2. The molecular formula is C18H21N5O2. The SMILES string of the molecule is Cc1nc(Cn2nc([C@H]3CCCNC3)n(-c3ccccc3)c2=O)co1. The summed E-state index contributed by atoms with van der Waals surface area (Å²) in [6.07, 6.45) is 3.69. The maximum atomic E-state index is 13.0. The second kappa shape index (κ2) is 6.68. The summed E-state index contributed by atoms with van der Waals surface area (Å²) in [6, 6.07) is 9.69. The summed E-state index contributed by atoms with van der Waals surface area (Å²) in [7, 11) is 0. The predicted molar refractivity (Wildman–Crippen MR) is 93.0 cm³/mol. The summed E-state index contributed by atoms with van der Waals surface area (Å²) in [6.45, 7) is 3.95. The van der Waals surface area contributed by atoms with E-state index < -0.39 is 0 Å². The number of para-hydroxylation sites is 1. The zero-order valence-corrected chi connectivity index (χ0v) is 14.2. The van der Waals surface area contributed by atoms with Crippen molar-refractivity contribution < 1.29 is 4.42 Å². The van der Waals surface area contributed by atoms with Crippen molar-refractivity contribution in [2.45, 2.75) is 32.2 Å². The van der Waals surface area contributed by atoms with Crippen molar-refractivity contribution in [2.75, 3.05) is 13.1 Å². The van der Waals surface area contributed by atoms with Crippen molar-refractivity contribution in [1.82, 2.24) is 24.6 Å². The number of aromatic nitrogens is 4. The highest BCUT2D eigenvalue weighted by Crippen LogP contribution is 2.23. The molecule has 3 aromatic rings. The minimum Gasteiger partial charge on any atom is -0.449 e. The second-order valence-electron chi connectivity index (χ2n) is 6.37. The maximum absolute atomic E-state index is 13.0. The van der Waals surface area contributed by atoms with Crippen LogP contribution in [0.3, 0.4) is 0 Å². The van der Waals surface area contributed by atoms with Gasteiger partial charge < -0.3 is 9.73 Å². The maximum Gasteiger partial charge on any atom is 0.350 e. The second-order valence-corrected chi connectivity index (χ2v) is 6.37. The van der Waals surface area contributed by atoms with Gasteiger partial charge in [-0.3, -0.25) is 0 Å². The molecule has 0 radical (unpaired) electrons. The molecule has 130 valence electrons. The van der Waals surface area contributed by atoms with Crippen LogP contribution in [0, 0.1) is 6.92 Å². The molecule has 0 amide bonds. The third-order valence-electron chi connectivity index (χ3n) is 4.52. The first-order chi connectivity index (χ1) is 12.2. The average molecular weight is 339 g/mol. The van der Waals surface area contributed by atoms with Gasteiger partial charge in [-0.25, -0.2) is 19.0 Å². The van der Waals surface area contributed by atoms with E-state index in [1.807, 2.05) is 30.3 Å². The largest absolute Gasteiger partial charge is 0.449 e. The molecule has 2 aromatic heterocycles. The number of hydrogen-bond acceptors (Lipinski definition) is 5. The van der Waals surface area contributed by atoms with Gasteiger partial charge >= 0.3 is 5.69 Å². The van der Waals surface area contributed by atoms with E-state index in [-0.39, 0.29) is 11.6 Å². The number of nitrogens with one attached hydrogen (secondary N) is 1. The van der Waals surface area contributed by atoms with E-state index in [4.69, 9.17) is 4.42 Å². The van der Waals surface area contributed by atoms with E-state index in [0.29, 0.717) is 18.1 Å². The first-order valence-corrected chi connectivity index (χ1v) is 8.59. The fourth-order valence-electron chi connectivity index (χ4n) is 3.32. The molecule has 1 fully saturated rings. The molecule has 7 nitrogen and oxygen atoms in total. The average Bonchev–Trinajstić information content (AvgIpc) is 3.20. The number of rotatable bonds is 4. The van der Waals surface area contributed by atoms with Gasteiger partial charge in [0.2, 0.25) is 0 Å². The number of hydrogen-bond donors (Lipinski definition) is 1. The molecule has 1 aromatic carbocycles. The highest BCUT2D eigenvalue weighted by atomic mass is 16.3. The highest BCUT2D eigenvalue weighted by Gasteiger charge is 2.25. The summed E-state index contributed by atoms with van der Waals surface area (Å²) in [5, 5.41) is 8.06. The molecular weight excluding hydrogens is 318 g/mol. The molecule has 3 heterocycles. The molecule has 1 saturated heterocycles. The van der Waals surface area contributed by atoms with E-state index in [0.717, 1.165) is 37.4 Å². The lowest BCUT2D eigenvalue weighted by Crippen LogP contribution is -2.31. The van der Waals surface area contributed by atoms with Gasteiger partial charge in [-0.05, 0) is 31.5 Å². The van der Waals surface area contributed by atoms with Crippen molar-refractivity contribution in [3.05, 3.63) is 64.5 Å². The van der Waals surface area contributed by atoms with E-state index in [9.17, 15) is 4.79 Å². The Morgan fingerprint density at radius 3 is 2.84 bits per heavy atom. The third kappa shape index (κ3) is 3.15. The van der Waals surface area contributed by atoms with Crippen LogP contribution in [0.4, 0.5) is 0 Å². The topological polar surface area (TPSA) is 77.9 Å². The number of aryl methyl sites for hydroxylation is 1. The van der Waals surface area contributed by atoms with Crippen LogP contribution in [0.5, 0.6) is 0 Å². The van der Waals surface area contributed by atoms with Crippen LogP contribution in [0.2, 0.25) is 0 Å². The fraction of sp³-hybridized carbons (Fsp3) is 0.389. The number of piperidine rings is 1. The molecule has 1 aliphatic heterocycles. The quantitative estimate of drug-likeness (QED) is 0.785. The Kier molecular flexibility index (Phi) is 4.23. The van der Waals surface area contributed by atoms with Gasteiger partial charge in [-0.2, -0.15) is 5.10 Å². The van der Waals surface area contributed by atoms with E-state index in [1.54, 1.807) is 17.8 Å². The number of benzene rings is 1. The monoisotopic (exact) mass is 339 g/mol. The number of nitrogens with zero attached hydrogens (tertiary/aromatic N) is 4. The molecule has 0 spiro atoms. The van der Waals surface area contributed by atoms with Crippen molar-refractivity contribution >= 4 is 0 Å². The Hall–Kier alpha value is -2.67. The summed E-state index contributed by atoms with van der Waals surface area (Å²) in [5.74, 6) is 1.62. The van der Waals surface area contributed by atoms with Crippen LogP contribution in [0.25, 0.3) is 5.69 Å².